The Hall–Kier alpha value is -3.00. The number of fused-ring (bicyclic) bond motifs is 1. The molecule has 8 heteroatoms. The zero-order valence-corrected chi connectivity index (χ0v) is 13.7. The van der Waals surface area contributed by atoms with Crippen LogP contribution in [0.25, 0.3) is 12.2 Å². The van der Waals surface area contributed by atoms with Crippen LogP contribution >= 0.6 is 11.3 Å². The molecule has 0 fully saturated rings. The summed E-state index contributed by atoms with van der Waals surface area (Å²) >= 11 is 0.901. The lowest BCUT2D eigenvalue weighted by Gasteiger charge is -2.05. The fraction of sp³-hybridized carbons (Fsp3) is 0.125. The van der Waals surface area contributed by atoms with Crippen LogP contribution < -0.4 is 20.1 Å². The van der Waals surface area contributed by atoms with Crippen molar-refractivity contribution in [2.24, 2.45) is 4.99 Å². The molecule has 0 bridgehead atoms. The Morgan fingerprint density at radius 1 is 1.46 bits per heavy atom. The number of carbonyl (C=O) groups excluding carboxylic acids is 2. The lowest BCUT2D eigenvalue weighted by atomic mass is 10.1. The summed E-state index contributed by atoms with van der Waals surface area (Å²) in [5, 5.41) is 19.1. The number of rotatable bonds is 2. The number of carbonyl (C=O) groups is 2. The van der Waals surface area contributed by atoms with Crippen LogP contribution in [0.4, 0.5) is 0 Å². The van der Waals surface area contributed by atoms with Gasteiger partial charge in [0, 0.05) is 23.8 Å². The van der Waals surface area contributed by atoms with Gasteiger partial charge in [0.1, 0.15) is 5.75 Å². The number of hydrogen-bond acceptors (Lipinski definition) is 6. The van der Waals surface area contributed by atoms with Crippen LogP contribution in [0.3, 0.4) is 0 Å². The highest BCUT2D eigenvalue weighted by Gasteiger charge is 2.17. The summed E-state index contributed by atoms with van der Waals surface area (Å²) in [6, 6.07) is 5.19. The van der Waals surface area contributed by atoms with E-state index in [0.717, 1.165) is 21.1 Å². The maximum atomic E-state index is 12.2. The third kappa shape index (κ3) is 2.67. The van der Waals surface area contributed by atoms with Gasteiger partial charge in [-0.1, -0.05) is 11.3 Å². The van der Waals surface area contributed by atoms with Crippen LogP contribution in [0.5, 0.6) is 11.6 Å². The monoisotopic (exact) mass is 343 g/mol. The highest BCUT2D eigenvalue weighted by atomic mass is 32.1. The molecule has 2 heterocycles. The van der Waals surface area contributed by atoms with Crippen LogP contribution in [0.2, 0.25) is 0 Å². The van der Waals surface area contributed by atoms with Gasteiger partial charge in [0.2, 0.25) is 11.8 Å². The molecule has 0 aliphatic carbocycles. The van der Waals surface area contributed by atoms with Crippen molar-refractivity contribution in [3.05, 3.63) is 44.0 Å². The van der Waals surface area contributed by atoms with E-state index in [1.807, 2.05) is 0 Å². The molecule has 1 aliphatic heterocycles. The number of nitrogens with zero attached hydrogens (tertiary/aromatic N) is 2. The maximum absolute atomic E-state index is 12.2. The van der Waals surface area contributed by atoms with E-state index in [4.69, 9.17) is 10.1 Å². The highest BCUT2D eigenvalue weighted by Crippen LogP contribution is 2.24. The highest BCUT2D eigenvalue weighted by molar-refractivity contribution is 7.10. The van der Waals surface area contributed by atoms with Gasteiger partial charge >= 0.3 is 0 Å². The van der Waals surface area contributed by atoms with E-state index < -0.39 is 11.8 Å². The Bertz CT molecular complexity index is 1080. The Morgan fingerprint density at radius 2 is 2.21 bits per heavy atom. The zero-order valence-electron chi connectivity index (χ0n) is 12.9. The van der Waals surface area contributed by atoms with Gasteiger partial charge in [-0.25, -0.2) is 9.56 Å². The fourth-order valence-corrected chi connectivity index (χ4v) is 3.19. The lowest BCUT2D eigenvalue weighted by molar-refractivity contribution is -0.114. The molecule has 0 saturated heterocycles. The second-order valence-electron chi connectivity index (χ2n) is 5.04. The van der Waals surface area contributed by atoms with Crippen LogP contribution in [0, 0.1) is 5.41 Å². The minimum absolute atomic E-state index is 0.114. The van der Waals surface area contributed by atoms with Crippen molar-refractivity contribution in [3.63, 3.8) is 0 Å². The smallest absolute Gasteiger partial charge is 0.277 e. The maximum Gasteiger partial charge on any atom is 0.277 e. The van der Waals surface area contributed by atoms with E-state index >= 15 is 0 Å². The first kappa shape index (κ1) is 15.9. The average Bonchev–Trinajstić information content (AvgIpc) is 2.81. The number of amides is 1. The first-order valence-electron chi connectivity index (χ1n) is 6.91. The van der Waals surface area contributed by atoms with E-state index in [9.17, 15) is 14.7 Å². The minimum Gasteiger partial charge on any atom is -0.497 e. The van der Waals surface area contributed by atoms with E-state index in [2.05, 4.69) is 4.99 Å². The van der Waals surface area contributed by atoms with Gasteiger partial charge in [0.25, 0.3) is 5.91 Å². The van der Waals surface area contributed by atoms with Crippen LogP contribution in [0.15, 0.2) is 28.8 Å². The minimum atomic E-state index is -0.473. The number of thiazole rings is 1. The summed E-state index contributed by atoms with van der Waals surface area (Å²) in [6.07, 6.45) is 3.07. The first-order valence-corrected chi connectivity index (χ1v) is 7.73. The second kappa shape index (κ2) is 5.89. The zero-order chi connectivity index (χ0) is 17.4. The molecule has 1 aromatic carbocycles. The third-order valence-corrected chi connectivity index (χ3v) is 4.36. The Labute approximate surface area is 140 Å². The molecule has 0 spiro atoms. The standard InChI is InChI=1S/C16H13N3O4S/c1-8(20)19-15(22)13(24-16(19)17)6-10-5-9-3-4-11(23-2)7-12(9)18-14(10)21/h3-7,17,22H,1-2H3. The fourth-order valence-electron chi connectivity index (χ4n) is 2.31. The van der Waals surface area contributed by atoms with Crippen molar-refractivity contribution >= 4 is 35.3 Å². The van der Waals surface area contributed by atoms with Crippen molar-refractivity contribution in [1.29, 1.82) is 5.41 Å². The topological polar surface area (TPSA) is 105 Å². The SMILES string of the molecule is COc1ccc2c(c1)=NC(=O)C(=Cc1sc(=N)n(C(C)=O)c1O)C=2. The molecule has 0 radical (unpaired) electrons. The van der Waals surface area contributed by atoms with Crippen molar-refractivity contribution in [1.82, 2.24) is 4.57 Å². The second-order valence-corrected chi connectivity index (χ2v) is 6.07. The van der Waals surface area contributed by atoms with Gasteiger partial charge in [-0.3, -0.25) is 15.0 Å². The molecule has 122 valence electrons. The molecule has 3 rings (SSSR count). The molecule has 1 aromatic heterocycles. The molecule has 0 atom stereocenters. The molecular weight excluding hydrogens is 330 g/mol. The summed E-state index contributed by atoms with van der Waals surface area (Å²) in [5.74, 6) is -0.695. The molecule has 2 aromatic rings. The van der Waals surface area contributed by atoms with E-state index in [1.165, 1.54) is 20.1 Å². The summed E-state index contributed by atoms with van der Waals surface area (Å²) in [7, 11) is 1.53. The number of ether oxygens (including phenoxy) is 1. The lowest BCUT2D eigenvalue weighted by Crippen LogP contribution is -2.30. The van der Waals surface area contributed by atoms with Gasteiger partial charge < -0.3 is 9.84 Å². The van der Waals surface area contributed by atoms with Crippen molar-refractivity contribution in [3.8, 4) is 11.6 Å². The van der Waals surface area contributed by atoms with Crippen LogP contribution in [-0.4, -0.2) is 28.6 Å². The van der Waals surface area contributed by atoms with E-state index in [1.54, 1.807) is 24.3 Å². The molecule has 2 N–H and O–H groups in total. The van der Waals surface area contributed by atoms with Crippen molar-refractivity contribution < 1.29 is 19.4 Å². The number of nitrogens with one attached hydrogen (secondary N) is 1. The summed E-state index contributed by atoms with van der Waals surface area (Å²) in [4.78, 5) is 27.8. The molecular formula is C16H13N3O4S. The average molecular weight is 343 g/mol. The number of aromatic nitrogens is 1. The van der Waals surface area contributed by atoms with Crippen molar-refractivity contribution in [2.75, 3.05) is 7.11 Å². The predicted molar refractivity (Wildman–Crippen MR) is 87.4 cm³/mol. The molecule has 24 heavy (non-hydrogen) atoms. The normalized spacial score (nSPS) is 14.8. The quantitative estimate of drug-likeness (QED) is 0.771. The summed E-state index contributed by atoms with van der Waals surface area (Å²) < 4.78 is 5.98. The number of benzene rings is 1. The van der Waals surface area contributed by atoms with Crippen LogP contribution in [-0.2, 0) is 4.79 Å². The first-order chi connectivity index (χ1) is 11.4. The number of methoxy groups -OCH3 is 1. The molecule has 1 aliphatic rings. The number of aromatic hydroxyl groups is 1. The van der Waals surface area contributed by atoms with Gasteiger partial charge in [0.15, 0.2) is 4.80 Å². The predicted octanol–water partition coefficient (Wildman–Crippen LogP) is 0.427. The van der Waals surface area contributed by atoms with Crippen molar-refractivity contribution in [2.45, 2.75) is 6.92 Å². The van der Waals surface area contributed by atoms with Gasteiger partial charge in [-0.15, -0.1) is 0 Å². The summed E-state index contributed by atoms with van der Waals surface area (Å²) in [5.41, 5.74) is 0.264. The Morgan fingerprint density at radius 3 is 2.83 bits per heavy atom. The Balaban J connectivity index is 2.14. The molecule has 0 saturated carbocycles. The molecule has 1 amide bonds. The van der Waals surface area contributed by atoms with Crippen LogP contribution in [0.1, 0.15) is 16.6 Å². The largest absolute Gasteiger partial charge is 0.497 e. The van der Waals surface area contributed by atoms with Gasteiger partial charge in [0.05, 0.1) is 17.3 Å². The third-order valence-electron chi connectivity index (χ3n) is 3.46. The molecule has 7 nitrogen and oxygen atoms in total. The Kier molecular flexibility index (Phi) is 3.90. The van der Waals surface area contributed by atoms with Gasteiger partial charge in [-0.2, -0.15) is 0 Å². The van der Waals surface area contributed by atoms with E-state index in [-0.39, 0.29) is 21.1 Å². The van der Waals surface area contributed by atoms with E-state index in [0.29, 0.717) is 11.1 Å². The van der Waals surface area contributed by atoms with Gasteiger partial charge in [-0.05, 0) is 24.3 Å². The number of hydrogen-bond donors (Lipinski definition) is 2. The summed E-state index contributed by atoms with van der Waals surface area (Å²) in [6.45, 7) is 1.25. The molecule has 0 unspecified atom stereocenters.